The Bertz CT molecular complexity index is 1070. The number of amides is 3. The molecule has 0 bridgehead atoms. The van der Waals surface area contributed by atoms with E-state index < -0.39 is 30.2 Å². The van der Waals surface area contributed by atoms with Gasteiger partial charge in [-0.05, 0) is 42.5 Å². The molecule has 0 aliphatic carbocycles. The standard InChI is InChI=1S/C22H18N2O6/c1-3-10-24-20(27)17-9-6-15(11-18(17)21(24)28)22(29)30-12-19(26)14-4-7-16(8-5-14)23-13(2)25/h3-9,11H,1,10,12H2,2H3,(H,23,25). The van der Waals surface area contributed by atoms with Crippen molar-refractivity contribution in [2.75, 3.05) is 18.5 Å². The lowest BCUT2D eigenvalue weighted by molar-refractivity contribution is -0.114. The number of carbonyl (C=O) groups is 5. The Morgan fingerprint density at radius 1 is 1.00 bits per heavy atom. The Morgan fingerprint density at radius 3 is 2.27 bits per heavy atom. The van der Waals surface area contributed by atoms with E-state index >= 15 is 0 Å². The average molecular weight is 406 g/mol. The highest BCUT2D eigenvalue weighted by Gasteiger charge is 2.35. The Hall–Kier alpha value is -4.07. The Labute approximate surface area is 172 Å². The van der Waals surface area contributed by atoms with E-state index in [1.54, 1.807) is 12.1 Å². The van der Waals surface area contributed by atoms with Crippen LogP contribution >= 0.6 is 0 Å². The molecule has 0 spiro atoms. The average Bonchev–Trinajstić information content (AvgIpc) is 2.96. The SMILES string of the molecule is C=CCN1C(=O)c2ccc(C(=O)OCC(=O)c3ccc(NC(C)=O)cc3)cc2C1=O. The third kappa shape index (κ3) is 4.17. The quantitative estimate of drug-likeness (QED) is 0.327. The van der Waals surface area contributed by atoms with Crippen molar-refractivity contribution < 1.29 is 28.7 Å². The molecule has 0 atom stereocenters. The van der Waals surface area contributed by atoms with E-state index in [4.69, 9.17) is 4.74 Å². The van der Waals surface area contributed by atoms with Crippen molar-refractivity contribution in [1.82, 2.24) is 4.90 Å². The Kier molecular flexibility index (Phi) is 5.87. The highest BCUT2D eigenvalue weighted by Crippen LogP contribution is 2.24. The molecule has 1 heterocycles. The number of ether oxygens (including phenoxy) is 1. The summed E-state index contributed by atoms with van der Waals surface area (Å²) in [5.74, 6) is -2.41. The van der Waals surface area contributed by atoms with E-state index in [-0.39, 0.29) is 29.1 Å². The van der Waals surface area contributed by atoms with E-state index in [1.165, 1.54) is 43.3 Å². The predicted octanol–water partition coefficient (Wildman–Crippen LogP) is 2.47. The second kappa shape index (κ2) is 8.52. The van der Waals surface area contributed by atoms with Crippen LogP contribution < -0.4 is 5.32 Å². The summed E-state index contributed by atoms with van der Waals surface area (Å²) in [7, 11) is 0. The van der Waals surface area contributed by atoms with E-state index in [0.29, 0.717) is 11.3 Å². The Balaban J connectivity index is 1.65. The topological polar surface area (TPSA) is 110 Å². The molecule has 2 aromatic rings. The van der Waals surface area contributed by atoms with Crippen molar-refractivity contribution in [3.63, 3.8) is 0 Å². The summed E-state index contributed by atoms with van der Waals surface area (Å²) >= 11 is 0. The minimum Gasteiger partial charge on any atom is -0.454 e. The molecule has 2 aromatic carbocycles. The highest BCUT2D eigenvalue weighted by atomic mass is 16.5. The van der Waals surface area contributed by atoms with E-state index in [0.717, 1.165) is 4.90 Å². The molecule has 1 aliphatic rings. The number of benzene rings is 2. The lowest BCUT2D eigenvalue weighted by Crippen LogP contribution is -2.29. The molecule has 8 nitrogen and oxygen atoms in total. The molecule has 0 saturated heterocycles. The van der Waals surface area contributed by atoms with E-state index in [9.17, 15) is 24.0 Å². The predicted molar refractivity (Wildman–Crippen MR) is 107 cm³/mol. The van der Waals surface area contributed by atoms with Crippen LogP contribution in [0.25, 0.3) is 0 Å². The van der Waals surface area contributed by atoms with Crippen molar-refractivity contribution >= 4 is 35.2 Å². The molecular weight excluding hydrogens is 388 g/mol. The molecule has 0 saturated carbocycles. The van der Waals surface area contributed by atoms with Crippen molar-refractivity contribution in [3.8, 4) is 0 Å². The zero-order valence-corrected chi connectivity index (χ0v) is 16.1. The van der Waals surface area contributed by atoms with Gasteiger partial charge in [0.05, 0.1) is 16.7 Å². The first-order valence-electron chi connectivity index (χ1n) is 9.01. The number of fused-ring (bicyclic) bond motifs is 1. The van der Waals surface area contributed by atoms with Crippen LogP contribution in [0.2, 0.25) is 0 Å². The van der Waals surface area contributed by atoms with Gasteiger partial charge in [0.1, 0.15) is 0 Å². The zero-order valence-electron chi connectivity index (χ0n) is 16.1. The third-order valence-electron chi connectivity index (χ3n) is 4.38. The number of ketones is 1. The van der Waals surface area contributed by atoms with Crippen molar-refractivity contribution in [2.24, 2.45) is 0 Å². The van der Waals surface area contributed by atoms with Gasteiger partial charge in [0.2, 0.25) is 5.91 Å². The van der Waals surface area contributed by atoms with Gasteiger partial charge in [-0.2, -0.15) is 0 Å². The van der Waals surface area contributed by atoms with Crippen LogP contribution in [0.4, 0.5) is 5.69 Å². The van der Waals surface area contributed by atoms with Gasteiger partial charge in [0.15, 0.2) is 12.4 Å². The number of rotatable bonds is 7. The Morgan fingerprint density at radius 2 is 1.63 bits per heavy atom. The molecule has 1 aliphatic heterocycles. The summed E-state index contributed by atoms with van der Waals surface area (Å²) < 4.78 is 5.05. The van der Waals surface area contributed by atoms with Gasteiger partial charge < -0.3 is 10.1 Å². The van der Waals surface area contributed by atoms with E-state index in [2.05, 4.69) is 11.9 Å². The van der Waals surface area contributed by atoms with Crippen LogP contribution in [0.15, 0.2) is 55.1 Å². The molecule has 0 radical (unpaired) electrons. The first-order valence-corrected chi connectivity index (χ1v) is 9.01. The number of nitrogens with zero attached hydrogens (tertiary/aromatic N) is 1. The smallest absolute Gasteiger partial charge is 0.338 e. The number of anilines is 1. The van der Waals surface area contributed by atoms with E-state index in [1.807, 2.05) is 0 Å². The minimum absolute atomic E-state index is 0.0594. The maximum atomic E-state index is 12.3. The molecule has 152 valence electrons. The summed E-state index contributed by atoms with van der Waals surface area (Å²) in [6.07, 6.45) is 1.44. The summed E-state index contributed by atoms with van der Waals surface area (Å²) in [5, 5.41) is 2.58. The second-order valence-corrected chi connectivity index (χ2v) is 6.53. The largest absolute Gasteiger partial charge is 0.454 e. The zero-order chi connectivity index (χ0) is 21.8. The summed E-state index contributed by atoms with van der Waals surface area (Å²) in [6, 6.07) is 10.2. The molecule has 1 N–H and O–H groups in total. The number of hydrogen-bond donors (Lipinski definition) is 1. The number of hydrogen-bond acceptors (Lipinski definition) is 6. The number of esters is 1. The summed E-state index contributed by atoms with van der Waals surface area (Å²) in [6.45, 7) is 4.46. The van der Waals surface area contributed by atoms with Crippen LogP contribution in [-0.4, -0.2) is 47.5 Å². The summed E-state index contributed by atoms with van der Waals surface area (Å²) in [4.78, 5) is 61.1. The second-order valence-electron chi connectivity index (χ2n) is 6.53. The number of imide groups is 1. The highest BCUT2D eigenvalue weighted by molar-refractivity contribution is 6.22. The van der Waals surface area contributed by atoms with Crippen molar-refractivity contribution in [3.05, 3.63) is 77.4 Å². The normalized spacial score (nSPS) is 12.4. The van der Waals surface area contributed by atoms with Gasteiger partial charge in [-0.25, -0.2) is 4.79 Å². The molecule has 3 amide bonds. The van der Waals surface area contributed by atoms with Crippen LogP contribution in [0, 0.1) is 0 Å². The fourth-order valence-electron chi connectivity index (χ4n) is 2.95. The molecule has 0 aromatic heterocycles. The molecule has 3 rings (SSSR count). The number of Topliss-reactive ketones (excluding diaryl/α,β-unsaturated/α-hetero) is 1. The maximum Gasteiger partial charge on any atom is 0.338 e. The van der Waals surface area contributed by atoms with Gasteiger partial charge in [0, 0.05) is 24.7 Å². The van der Waals surface area contributed by atoms with Gasteiger partial charge >= 0.3 is 5.97 Å². The van der Waals surface area contributed by atoms with Crippen molar-refractivity contribution in [1.29, 1.82) is 0 Å². The molecular formula is C22H18N2O6. The number of nitrogens with one attached hydrogen (secondary N) is 1. The maximum absolute atomic E-state index is 12.3. The molecule has 8 heteroatoms. The molecule has 0 fully saturated rings. The fourth-order valence-corrected chi connectivity index (χ4v) is 2.95. The van der Waals surface area contributed by atoms with Gasteiger partial charge in [-0.15, -0.1) is 6.58 Å². The first-order chi connectivity index (χ1) is 14.3. The van der Waals surface area contributed by atoms with Crippen LogP contribution in [0.5, 0.6) is 0 Å². The lowest BCUT2D eigenvalue weighted by Gasteiger charge is -2.09. The number of carbonyl (C=O) groups excluding carboxylic acids is 5. The van der Waals surface area contributed by atoms with Crippen LogP contribution in [0.1, 0.15) is 48.4 Å². The van der Waals surface area contributed by atoms with Crippen LogP contribution in [0.3, 0.4) is 0 Å². The summed E-state index contributed by atoms with van der Waals surface area (Å²) in [5.41, 5.74) is 1.22. The molecule has 30 heavy (non-hydrogen) atoms. The van der Waals surface area contributed by atoms with Gasteiger partial charge in [0.25, 0.3) is 11.8 Å². The van der Waals surface area contributed by atoms with Gasteiger partial charge in [-0.3, -0.25) is 24.1 Å². The monoisotopic (exact) mass is 406 g/mol. The minimum atomic E-state index is -0.788. The fraction of sp³-hybridized carbons (Fsp3) is 0.136. The van der Waals surface area contributed by atoms with Crippen molar-refractivity contribution in [2.45, 2.75) is 6.92 Å². The third-order valence-corrected chi connectivity index (χ3v) is 4.38. The first kappa shape index (κ1) is 20.7. The lowest BCUT2D eigenvalue weighted by atomic mass is 10.1. The van der Waals surface area contributed by atoms with Gasteiger partial charge in [-0.1, -0.05) is 6.08 Å². The van der Waals surface area contributed by atoms with Crippen LogP contribution in [-0.2, 0) is 9.53 Å². The molecule has 0 unspecified atom stereocenters.